The minimum Gasteiger partial charge on any atom is -0.454 e. The van der Waals surface area contributed by atoms with Gasteiger partial charge in [-0.25, -0.2) is 0 Å². The third-order valence-corrected chi connectivity index (χ3v) is 4.42. The van der Waals surface area contributed by atoms with Crippen molar-refractivity contribution in [3.05, 3.63) is 76.4 Å². The van der Waals surface area contributed by atoms with Crippen LogP contribution in [0.2, 0.25) is 0 Å². The molecule has 3 rings (SSSR count). The highest BCUT2D eigenvalue weighted by atomic mass is 79.9. The van der Waals surface area contributed by atoms with Gasteiger partial charge in [0.1, 0.15) is 5.70 Å². The number of ether oxygens (including phenoxy) is 2. The van der Waals surface area contributed by atoms with Gasteiger partial charge in [-0.2, -0.15) is 0 Å². The zero-order chi connectivity index (χ0) is 19.2. The molecule has 0 bridgehead atoms. The molecular formula is C20H17BrN2O4. The smallest absolute Gasteiger partial charge is 0.268 e. The van der Waals surface area contributed by atoms with Crippen LogP contribution in [0.25, 0.3) is 6.08 Å². The average molecular weight is 429 g/mol. The highest BCUT2D eigenvalue weighted by Crippen LogP contribution is 2.33. The van der Waals surface area contributed by atoms with E-state index in [1.165, 1.54) is 0 Å². The molecule has 0 spiro atoms. The van der Waals surface area contributed by atoms with Gasteiger partial charge in [-0.1, -0.05) is 24.3 Å². The molecule has 1 aliphatic heterocycles. The third-order valence-electron chi connectivity index (χ3n) is 3.73. The van der Waals surface area contributed by atoms with E-state index in [9.17, 15) is 9.59 Å². The molecule has 7 heteroatoms. The lowest BCUT2D eigenvalue weighted by molar-refractivity contribution is -0.117. The molecule has 138 valence electrons. The Morgan fingerprint density at radius 1 is 1.15 bits per heavy atom. The van der Waals surface area contributed by atoms with Gasteiger partial charge in [-0.15, -0.1) is 6.58 Å². The third kappa shape index (κ3) is 4.57. The van der Waals surface area contributed by atoms with Crippen LogP contribution in [0.1, 0.15) is 15.9 Å². The van der Waals surface area contributed by atoms with Gasteiger partial charge in [-0.3, -0.25) is 9.59 Å². The van der Waals surface area contributed by atoms with Crippen molar-refractivity contribution >= 4 is 33.8 Å². The Balaban J connectivity index is 1.88. The fraction of sp³-hybridized carbons (Fsp3) is 0.100. The van der Waals surface area contributed by atoms with E-state index < -0.39 is 11.8 Å². The molecule has 0 saturated carbocycles. The minimum absolute atomic E-state index is 0.108. The summed E-state index contributed by atoms with van der Waals surface area (Å²) in [7, 11) is 0. The minimum atomic E-state index is -0.423. The number of benzene rings is 2. The SMILES string of the molecule is C=CCNC(=O)C(=Cc1ccc2c(c1)OCO2)NC(=O)c1ccccc1Br. The molecule has 2 N–H and O–H groups in total. The van der Waals surface area contributed by atoms with Crippen molar-refractivity contribution in [2.75, 3.05) is 13.3 Å². The molecule has 0 fully saturated rings. The summed E-state index contributed by atoms with van der Waals surface area (Å²) in [5.41, 5.74) is 1.22. The molecule has 0 saturated heterocycles. The standard InChI is InChI=1S/C20H17BrN2O4/c1-2-9-22-20(25)16(23-19(24)14-5-3-4-6-15(14)21)10-13-7-8-17-18(11-13)27-12-26-17/h2-8,10-11H,1,9,12H2,(H,22,25)(H,23,24). The van der Waals surface area contributed by atoms with E-state index >= 15 is 0 Å². The van der Waals surface area contributed by atoms with Gasteiger partial charge in [0.2, 0.25) is 6.79 Å². The molecule has 0 radical (unpaired) electrons. The summed E-state index contributed by atoms with van der Waals surface area (Å²) in [5, 5.41) is 5.34. The van der Waals surface area contributed by atoms with Gasteiger partial charge in [0.25, 0.3) is 11.8 Å². The lowest BCUT2D eigenvalue weighted by atomic mass is 10.1. The zero-order valence-electron chi connectivity index (χ0n) is 14.3. The van der Waals surface area contributed by atoms with Crippen molar-refractivity contribution in [3.8, 4) is 11.5 Å². The fourth-order valence-electron chi connectivity index (χ4n) is 2.42. The van der Waals surface area contributed by atoms with E-state index in [1.54, 1.807) is 54.6 Å². The summed E-state index contributed by atoms with van der Waals surface area (Å²) < 4.78 is 11.3. The largest absolute Gasteiger partial charge is 0.454 e. The highest BCUT2D eigenvalue weighted by molar-refractivity contribution is 9.10. The van der Waals surface area contributed by atoms with E-state index in [0.29, 0.717) is 27.1 Å². The summed E-state index contributed by atoms with van der Waals surface area (Å²) in [4.78, 5) is 25.1. The summed E-state index contributed by atoms with van der Waals surface area (Å²) in [6, 6.07) is 12.3. The highest BCUT2D eigenvalue weighted by Gasteiger charge is 2.17. The molecule has 2 aromatic rings. The molecule has 2 aromatic carbocycles. The Labute approximate surface area is 165 Å². The van der Waals surface area contributed by atoms with Crippen molar-refractivity contribution in [2.24, 2.45) is 0 Å². The van der Waals surface area contributed by atoms with E-state index in [4.69, 9.17) is 9.47 Å². The number of fused-ring (bicyclic) bond motifs is 1. The average Bonchev–Trinajstić information content (AvgIpc) is 3.13. The number of hydrogen-bond donors (Lipinski definition) is 2. The summed E-state index contributed by atoms with van der Waals surface area (Å²) in [6.07, 6.45) is 3.14. The predicted octanol–water partition coefficient (Wildman–Crippen LogP) is 3.25. The van der Waals surface area contributed by atoms with Crippen molar-refractivity contribution in [3.63, 3.8) is 0 Å². The van der Waals surface area contributed by atoms with Crippen LogP contribution in [0.3, 0.4) is 0 Å². The number of carbonyl (C=O) groups excluding carboxylic acids is 2. The van der Waals surface area contributed by atoms with Crippen LogP contribution in [-0.4, -0.2) is 25.2 Å². The number of hydrogen-bond acceptors (Lipinski definition) is 4. The van der Waals surface area contributed by atoms with E-state index in [0.717, 1.165) is 0 Å². The lowest BCUT2D eigenvalue weighted by Gasteiger charge is -2.11. The van der Waals surface area contributed by atoms with Gasteiger partial charge >= 0.3 is 0 Å². The molecule has 1 heterocycles. The Hall–Kier alpha value is -3.06. The van der Waals surface area contributed by atoms with E-state index in [2.05, 4.69) is 33.1 Å². The van der Waals surface area contributed by atoms with Crippen LogP contribution >= 0.6 is 15.9 Å². The number of rotatable bonds is 6. The molecule has 2 amide bonds. The second-order valence-electron chi connectivity index (χ2n) is 5.60. The first-order valence-corrected chi connectivity index (χ1v) is 8.94. The number of nitrogens with one attached hydrogen (secondary N) is 2. The second-order valence-corrected chi connectivity index (χ2v) is 6.46. The van der Waals surface area contributed by atoms with Crippen molar-refractivity contribution in [2.45, 2.75) is 0 Å². The summed E-state index contributed by atoms with van der Waals surface area (Å²) in [5.74, 6) is 0.407. The van der Waals surface area contributed by atoms with Crippen LogP contribution in [0.5, 0.6) is 11.5 Å². The first-order chi connectivity index (χ1) is 13.1. The quantitative estimate of drug-likeness (QED) is 0.546. The molecule has 27 heavy (non-hydrogen) atoms. The number of amides is 2. The molecule has 0 unspecified atom stereocenters. The Bertz CT molecular complexity index is 924. The van der Waals surface area contributed by atoms with Gasteiger partial charge in [-0.05, 0) is 51.8 Å². The van der Waals surface area contributed by atoms with Gasteiger partial charge in [0, 0.05) is 11.0 Å². The maximum absolute atomic E-state index is 12.6. The monoisotopic (exact) mass is 428 g/mol. The fourth-order valence-corrected chi connectivity index (χ4v) is 2.89. The van der Waals surface area contributed by atoms with Crippen LogP contribution < -0.4 is 20.1 Å². The van der Waals surface area contributed by atoms with Crippen LogP contribution in [0.15, 0.2) is 65.3 Å². The van der Waals surface area contributed by atoms with E-state index in [1.807, 2.05) is 0 Å². The molecule has 0 aliphatic carbocycles. The molecule has 1 aliphatic rings. The van der Waals surface area contributed by atoms with Gasteiger partial charge in [0.05, 0.1) is 5.56 Å². The van der Waals surface area contributed by atoms with Crippen LogP contribution in [-0.2, 0) is 4.79 Å². The van der Waals surface area contributed by atoms with Crippen molar-refractivity contribution in [1.29, 1.82) is 0 Å². The van der Waals surface area contributed by atoms with E-state index in [-0.39, 0.29) is 19.0 Å². The normalized spacial score (nSPS) is 12.4. The van der Waals surface area contributed by atoms with Crippen molar-refractivity contribution < 1.29 is 19.1 Å². The molecule has 6 nitrogen and oxygen atoms in total. The first kappa shape index (κ1) is 18.7. The summed E-state index contributed by atoms with van der Waals surface area (Å²) >= 11 is 3.34. The van der Waals surface area contributed by atoms with Gasteiger partial charge < -0.3 is 20.1 Å². The Morgan fingerprint density at radius 2 is 1.93 bits per heavy atom. The lowest BCUT2D eigenvalue weighted by Crippen LogP contribution is -2.35. The molecule has 0 atom stereocenters. The molecular weight excluding hydrogens is 412 g/mol. The maximum atomic E-state index is 12.6. The predicted molar refractivity (Wildman–Crippen MR) is 105 cm³/mol. The van der Waals surface area contributed by atoms with Crippen molar-refractivity contribution in [1.82, 2.24) is 10.6 Å². The van der Waals surface area contributed by atoms with Crippen LogP contribution in [0.4, 0.5) is 0 Å². The number of carbonyl (C=O) groups is 2. The maximum Gasteiger partial charge on any atom is 0.268 e. The Kier molecular flexibility index (Phi) is 5.93. The zero-order valence-corrected chi connectivity index (χ0v) is 15.9. The first-order valence-electron chi connectivity index (χ1n) is 8.15. The summed E-state index contributed by atoms with van der Waals surface area (Å²) in [6.45, 7) is 4.02. The number of halogens is 1. The molecule has 0 aromatic heterocycles. The topological polar surface area (TPSA) is 76.7 Å². The van der Waals surface area contributed by atoms with Gasteiger partial charge in [0.15, 0.2) is 11.5 Å². The van der Waals surface area contributed by atoms with Crippen LogP contribution in [0, 0.1) is 0 Å². The second kappa shape index (κ2) is 8.55. The Morgan fingerprint density at radius 3 is 2.70 bits per heavy atom.